The first-order chi connectivity index (χ1) is 7.17. The normalized spacial score (nSPS) is 18.7. The predicted molar refractivity (Wildman–Crippen MR) is 57.1 cm³/mol. The SMILES string of the molecule is O=S(=O)(O)C1CCCCC1.O=S(=O)(O)CO. The molecule has 0 radical (unpaired) electrons. The maximum Gasteiger partial charge on any atom is 0.289 e. The first-order valence-corrected chi connectivity index (χ1v) is 7.80. The van der Waals surface area contributed by atoms with Gasteiger partial charge in [0.05, 0.1) is 5.25 Å². The summed E-state index contributed by atoms with van der Waals surface area (Å²) in [6.07, 6.45) is 4.25. The standard InChI is InChI=1S/C6H12O3S.CH4O4S/c7-10(8,9)6-4-2-1-3-5-6;2-1-6(3,4)5/h6H,1-5H2,(H,7,8,9);2H,1H2,(H,3,4,5). The van der Waals surface area contributed by atoms with Crippen molar-refractivity contribution in [3.05, 3.63) is 0 Å². The first-order valence-electron chi connectivity index (χ1n) is 4.69. The van der Waals surface area contributed by atoms with Gasteiger partial charge in [-0.25, -0.2) is 0 Å². The number of rotatable bonds is 2. The van der Waals surface area contributed by atoms with E-state index in [9.17, 15) is 16.8 Å². The Bertz CT molecular complexity index is 377. The van der Waals surface area contributed by atoms with Gasteiger partial charge in [-0.1, -0.05) is 19.3 Å². The van der Waals surface area contributed by atoms with E-state index in [1.807, 2.05) is 0 Å². The number of aliphatic hydroxyl groups is 1. The zero-order chi connectivity index (χ0) is 12.8. The smallest absolute Gasteiger partial charge is 0.289 e. The predicted octanol–water partition coefficient (Wildman–Crippen LogP) is 0.0309. The van der Waals surface area contributed by atoms with Gasteiger partial charge in [0.1, 0.15) is 0 Å². The minimum atomic E-state index is -4.11. The maximum absolute atomic E-state index is 10.5. The van der Waals surface area contributed by atoms with E-state index in [2.05, 4.69) is 0 Å². The van der Waals surface area contributed by atoms with Crippen molar-refractivity contribution >= 4 is 20.2 Å². The Morgan fingerprint density at radius 2 is 1.31 bits per heavy atom. The molecule has 0 spiro atoms. The van der Waals surface area contributed by atoms with Crippen molar-refractivity contribution in [1.82, 2.24) is 0 Å². The fourth-order valence-corrected chi connectivity index (χ4v) is 2.29. The summed E-state index contributed by atoms with van der Waals surface area (Å²) in [5.74, 6) is -1.20. The van der Waals surface area contributed by atoms with E-state index < -0.39 is 31.4 Å². The molecule has 1 aliphatic carbocycles. The molecular weight excluding hydrogens is 260 g/mol. The highest BCUT2D eigenvalue weighted by Gasteiger charge is 2.24. The van der Waals surface area contributed by atoms with Crippen LogP contribution in [0.15, 0.2) is 0 Å². The Kier molecular flexibility index (Phi) is 6.41. The van der Waals surface area contributed by atoms with E-state index in [0.717, 1.165) is 19.3 Å². The van der Waals surface area contributed by atoms with E-state index in [1.54, 1.807) is 0 Å². The highest BCUT2D eigenvalue weighted by molar-refractivity contribution is 7.86. The summed E-state index contributed by atoms with van der Waals surface area (Å²) < 4.78 is 55.9. The maximum atomic E-state index is 10.5. The van der Waals surface area contributed by atoms with E-state index >= 15 is 0 Å². The van der Waals surface area contributed by atoms with Crippen LogP contribution in [0.2, 0.25) is 0 Å². The van der Waals surface area contributed by atoms with E-state index in [1.165, 1.54) is 0 Å². The van der Waals surface area contributed by atoms with Gasteiger partial charge >= 0.3 is 0 Å². The van der Waals surface area contributed by atoms with Gasteiger partial charge in [0.15, 0.2) is 5.94 Å². The fraction of sp³-hybridized carbons (Fsp3) is 1.00. The number of hydrogen-bond donors (Lipinski definition) is 3. The third kappa shape index (κ3) is 7.99. The molecule has 1 rings (SSSR count). The summed E-state index contributed by atoms with van der Waals surface area (Å²) in [6, 6.07) is 0. The summed E-state index contributed by atoms with van der Waals surface area (Å²) in [4.78, 5) is 0. The number of hydrogen-bond acceptors (Lipinski definition) is 5. The molecule has 0 bridgehead atoms. The van der Waals surface area contributed by atoms with Crippen LogP contribution >= 0.6 is 0 Å². The van der Waals surface area contributed by atoms with Gasteiger partial charge in [-0.05, 0) is 12.8 Å². The summed E-state index contributed by atoms with van der Waals surface area (Å²) in [5, 5.41) is 7.09. The van der Waals surface area contributed by atoms with Crippen molar-refractivity contribution in [2.24, 2.45) is 0 Å². The van der Waals surface area contributed by atoms with Gasteiger partial charge in [-0.15, -0.1) is 0 Å². The molecule has 0 heterocycles. The largest absolute Gasteiger partial charge is 0.378 e. The molecule has 98 valence electrons. The van der Waals surface area contributed by atoms with Crippen molar-refractivity contribution in [2.75, 3.05) is 5.94 Å². The van der Waals surface area contributed by atoms with Gasteiger partial charge in [0.2, 0.25) is 0 Å². The van der Waals surface area contributed by atoms with E-state index in [4.69, 9.17) is 14.2 Å². The van der Waals surface area contributed by atoms with Crippen LogP contribution in [0.1, 0.15) is 32.1 Å². The Labute approximate surface area is 95.0 Å². The van der Waals surface area contributed by atoms with Crippen LogP contribution in [0, 0.1) is 0 Å². The van der Waals surface area contributed by atoms with Gasteiger partial charge in [-0.2, -0.15) is 16.8 Å². The highest BCUT2D eigenvalue weighted by atomic mass is 32.2. The molecule has 0 aliphatic heterocycles. The summed E-state index contributed by atoms with van der Waals surface area (Å²) in [7, 11) is -7.83. The minimum Gasteiger partial charge on any atom is -0.378 e. The zero-order valence-corrected chi connectivity index (χ0v) is 10.2. The average molecular weight is 276 g/mol. The van der Waals surface area contributed by atoms with Crippen LogP contribution in [0.5, 0.6) is 0 Å². The van der Waals surface area contributed by atoms with Gasteiger partial charge < -0.3 is 5.11 Å². The van der Waals surface area contributed by atoms with Crippen molar-refractivity contribution in [1.29, 1.82) is 0 Å². The van der Waals surface area contributed by atoms with Crippen LogP contribution in [0.25, 0.3) is 0 Å². The Morgan fingerprint density at radius 1 is 0.938 bits per heavy atom. The Morgan fingerprint density at radius 3 is 1.50 bits per heavy atom. The molecule has 0 unspecified atom stereocenters. The second kappa shape index (κ2) is 6.50. The fourth-order valence-electron chi connectivity index (χ4n) is 1.36. The Hall–Kier alpha value is -0.220. The molecule has 9 heteroatoms. The molecule has 0 aromatic carbocycles. The van der Waals surface area contributed by atoms with Crippen LogP contribution in [0.4, 0.5) is 0 Å². The molecule has 0 aromatic heterocycles. The zero-order valence-electron chi connectivity index (χ0n) is 8.61. The lowest BCUT2D eigenvalue weighted by molar-refractivity contribution is 0.336. The quantitative estimate of drug-likeness (QED) is 0.607. The molecular formula is C7H16O7S2. The molecule has 1 saturated carbocycles. The molecule has 3 N–H and O–H groups in total. The third-order valence-electron chi connectivity index (χ3n) is 2.14. The highest BCUT2D eigenvalue weighted by Crippen LogP contribution is 2.22. The monoisotopic (exact) mass is 276 g/mol. The second-order valence-corrected chi connectivity index (χ2v) is 6.60. The van der Waals surface area contributed by atoms with Crippen molar-refractivity contribution in [3.63, 3.8) is 0 Å². The lowest BCUT2D eigenvalue weighted by Gasteiger charge is -2.17. The first kappa shape index (κ1) is 15.8. The molecule has 1 aliphatic rings. The molecule has 1 fully saturated rings. The van der Waals surface area contributed by atoms with E-state index in [-0.39, 0.29) is 0 Å². The Balaban J connectivity index is 0.000000325. The summed E-state index contributed by atoms with van der Waals surface area (Å²) in [6.45, 7) is 0. The van der Waals surface area contributed by atoms with Crippen LogP contribution in [0.3, 0.4) is 0 Å². The van der Waals surface area contributed by atoms with Gasteiger partial charge in [0.25, 0.3) is 20.2 Å². The molecule has 0 saturated heterocycles. The summed E-state index contributed by atoms with van der Waals surface area (Å²) in [5.41, 5.74) is 0. The van der Waals surface area contributed by atoms with Crippen LogP contribution in [-0.4, -0.2) is 42.2 Å². The second-order valence-electron chi connectivity index (χ2n) is 3.49. The van der Waals surface area contributed by atoms with E-state index in [0.29, 0.717) is 12.8 Å². The van der Waals surface area contributed by atoms with Crippen molar-refractivity contribution in [2.45, 2.75) is 37.4 Å². The average Bonchev–Trinajstić information content (AvgIpc) is 2.18. The summed E-state index contributed by atoms with van der Waals surface area (Å²) >= 11 is 0. The molecule has 0 atom stereocenters. The molecule has 0 amide bonds. The van der Waals surface area contributed by atoms with Crippen molar-refractivity contribution < 1.29 is 31.0 Å². The minimum absolute atomic E-state index is 0.471. The molecule has 0 aromatic rings. The van der Waals surface area contributed by atoms with Crippen LogP contribution < -0.4 is 0 Å². The van der Waals surface area contributed by atoms with Crippen LogP contribution in [-0.2, 0) is 20.2 Å². The van der Waals surface area contributed by atoms with Crippen molar-refractivity contribution in [3.8, 4) is 0 Å². The van der Waals surface area contributed by atoms with Gasteiger partial charge in [0, 0.05) is 0 Å². The lowest BCUT2D eigenvalue weighted by Crippen LogP contribution is -2.22. The number of aliphatic hydroxyl groups excluding tert-OH is 1. The lowest BCUT2D eigenvalue weighted by atomic mass is 10.0. The topological polar surface area (TPSA) is 129 Å². The molecule has 7 nitrogen and oxygen atoms in total. The molecule has 16 heavy (non-hydrogen) atoms. The third-order valence-corrected chi connectivity index (χ3v) is 3.78. The van der Waals surface area contributed by atoms with Gasteiger partial charge in [-0.3, -0.25) is 9.11 Å².